The molecule has 2 atom stereocenters. The smallest absolute Gasteiger partial charge is 0.306 e. The third-order valence-electron chi connectivity index (χ3n) is 1.92. The molecule has 1 aromatic heterocycles. The average molecular weight is 230 g/mol. The first-order chi connectivity index (χ1) is 7.06. The van der Waals surface area contributed by atoms with Gasteiger partial charge in [-0.05, 0) is 5.38 Å². The highest BCUT2D eigenvalue weighted by atomic mass is 32.1. The van der Waals surface area contributed by atoms with Crippen LogP contribution in [-0.4, -0.2) is 33.7 Å². The summed E-state index contributed by atoms with van der Waals surface area (Å²) in [7, 11) is 0. The number of carbonyl (C=O) groups excluding carboxylic acids is 1. The van der Waals surface area contributed by atoms with Gasteiger partial charge in [0.05, 0.1) is 12.5 Å². The van der Waals surface area contributed by atoms with Crippen molar-refractivity contribution in [2.45, 2.75) is 18.6 Å². The van der Waals surface area contributed by atoms with Crippen molar-refractivity contribution in [3.8, 4) is 0 Å². The zero-order valence-corrected chi connectivity index (χ0v) is 8.48. The molecule has 6 heteroatoms. The van der Waals surface area contributed by atoms with E-state index in [2.05, 4.69) is 0 Å². The molecule has 1 rings (SSSR count). The predicted octanol–water partition coefficient (Wildman–Crippen LogP) is 0.430. The van der Waals surface area contributed by atoms with Crippen molar-refractivity contribution in [3.63, 3.8) is 0 Å². The van der Waals surface area contributed by atoms with Crippen LogP contribution < -0.4 is 0 Å². The summed E-state index contributed by atoms with van der Waals surface area (Å²) in [6.45, 7) is 0. The second kappa shape index (κ2) is 5.01. The predicted molar refractivity (Wildman–Crippen MR) is 52.9 cm³/mol. The highest BCUT2D eigenvalue weighted by Gasteiger charge is 2.23. The first-order valence-electron chi connectivity index (χ1n) is 4.15. The van der Waals surface area contributed by atoms with Crippen molar-refractivity contribution in [3.05, 3.63) is 21.9 Å². The van der Waals surface area contributed by atoms with Gasteiger partial charge in [-0.25, -0.2) is 0 Å². The van der Waals surface area contributed by atoms with Crippen LogP contribution in [0.2, 0.25) is 0 Å². The Balaban J connectivity index is 2.79. The molecule has 0 bridgehead atoms. The summed E-state index contributed by atoms with van der Waals surface area (Å²) in [6.07, 6.45) is -2.75. The maximum absolute atomic E-state index is 10.5. The number of aldehydes is 1. The number of aliphatic carboxylic acids is 1. The van der Waals surface area contributed by atoms with Crippen molar-refractivity contribution in [2.24, 2.45) is 0 Å². The molecule has 2 unspecified atom stereocenters. The van der Waals surface area contributed by atoms with Crippen LogP contribution in [0.4, 0.5) is 0 Å². The van der Waals surface area contributed by atoms with Crippen LogP contribution >= 0.6 is 11.3 Å². The summed E-state index contributed by atoms with van der Waals surface area (Å²) >= 11 is 1.21. The van der Waals surface area contributed by atoms with Crippen LogP contribution in [0.1, 0.15) is 28.4 Å². The molecule has 0 radical (unpaired) electrons. The molecular formula is C9H10O5S. The molecule has 0 spiro atoms. The number of carbonyl (C=O) groups is 2. The van der Waals surface area contributed by atoms with E-state index in [-0.39, 0.29) is 11.1 Å². The molecule has 3 N–H and O–H groups in total. The molecule has 0 fully saturated rings. The van der Waals surface area contributed by atoms with Crippen LogP contribution in [-0.2, 0) is 4.79 Å². The van der Waals surface area contributed by atoms with Crippen molar-refractivity contribution in [2.75, 3.05) is 0 Å². The normalized spacial score (nSPS) is 14.5. The Morgan fingerprint density at radius 2 is 2.13 bits per heavy atom. The molecule has 82 valence electrons. The van der Waals surface area contributed by atoms with Crippen molar-refractivity contribution >= 4 is 23.6 Å². The molecule has 0 saturated carbocycles. The van der Waals surface area contributed by atoms with Gasteiger partial charge in [0.25, 0.3) is 0 Å². The van der Waals surface area contributed by atoms with Crippen LogP contribution in [0, 0.1) is 0 Å². The minimum Gasteiger partial charge on any atom is -0.481 e. The van der Waals surface area contributed by atoms with E-state index in [0.717, 1.165) is 0 Å². The highest BCUT2D eigenvalue weighted by molar-refractivity contribution is 7.08. The minimum absolute atomic E-state index is 0.267. The Morgan fingerprint density at radius 3 is 2.67 bits per heavy atom. The first kappa shape index (κ1) is 11.8. The van der Waals surface area contributed by atoms with Gasteiger partial charge in [-0.1, -0.05) is 0 Å². The summed E-state index contributed by atoms with van der Waals surface area (Å²) < 4.78 is 0. The Kier molecular flexibility index (Phi) is 3.96. The summed E-state index contributed by atoms with van der Waals surface area (Å²) in [4.78, 5) is 20.8. The molecule has 1 heterocycles. The zero-order chi connectivity index (χ0) is 11.4. The number of carboxylic acid groups (broad SMARTS) is 1. The van der Waals surface area contributed by atoms with Crippen LogP contribution in [0.25, 0.3) is 0 Å². The van der Waals surface area contributed by atoms with E-state index in [1.807, 2.05) is 0 Å². The van der Waals surface area contributed by atoms with E-state index >= 15 is 0 Å². The Labute approximate surface area is 89.6 Å². The second-order valence-electron chi connectivity index (χ2n) is 3.01. The fourth-order valence-corrected chi connectivity index (χ4v) is 1.98. The van der Waals surface area contributed by atoms with Gasteiger partial charge in [0.15, 0.2) is 6.29 Å². The van der Waals surface area contributed by atoms with Crippen molar-refractivity contribution in [1.29, 1.82) is 0 Å². The number of aliphatic hydroxyl groups is 2. The lowest BCUT2D eigenvalue weighted by molar-refractivity contribution is -0.141. The third-order valence-corrected chi connectivity index (χ3v) is 2.70. The summed E-state index contributed by atoms with van der Waals surface area (Å²) in [6, 6.07) is 0. The number of hydrogen-bond donors (Lipinski definition) is 3. The fraction of sp³-hybridized carbons (Fsp3) is 0.333. The van der Waals surface area contributed by atoms with Gasteiger partial charge in [0, 0.05) is 16.5 Å². The van der Waals surface area contributed by atoms with Gasteiger partial charge < -0.3 is 15.3 Å². The summed E-state index contributed by atoms with van der Waals surface area (Å²) in [5.74, 6) is -1.20. The van der Waals surface area contributed by atoms with E-state index < -0.39 is 24.6 Å². The SMILES string of the molecule is O=Cc1cscc1C(O)C(O)CC(=O)O. The molecule has 0 aliphatic rings. The van der Waals surface area contributed by atoms with Crippen LogP contribution in [0.15, 0.2) is 10.8 Å². The number of carboxylic acids is 1. The van der Waals surface area contributed by atoms with Gasteiger partial charge in [-0.2, -0.15) is 11.3 Å². The van der Waals surface area contributed by atoms with Crippen LogP contribution in [0.5, 0.6) is 0 Å². The molecule has 0 aliphatic carbocycles. The molecule has 0 saturated heterocycles. The number of rotatable bonds is 5. The lowest BCUT2D eigenvalue weighted by atomic mass is 10.0. The van der Waals surface area contributed by atoms with Crippen molar-refractivity contribution < 1.29 is 24.9 Å². The molecule has 0 amide bonds. The summed E-state index contributed by atoms with van der Waals surface area (Å²) in [5.41, 5.74) is 0.542. The molecular weight excluding hydrogens is 220 g/mol. The molecule has 5 nitrogen and oxygen atoms in total. The lowest BCUT2D eigenvalue weighted by Gasteiger charge is -2.15. The molecule has 0 aromatic carbocycles. The standard InChI is InChI=1S/C9H10O5S/c10-2-5-3-15-4-6(5)9(14)7(11)1-8(12)13/h2-4,7,9,11,14H,1H2,(H,12,13). The minimum atomic E-state index is -1.41. The largest absolute Gasteiger partial charge is 0.481 e. The Morgan fingerprint density at radius 1 is 1.47 bits per heavy atom. The van der Waals surface area contributed by atoms with Gasteiger partial charge in [-0.15, -0.1) is 0 Å². The first-order valence-corrected chi connectivity index (χ1v) is 5.09. The number of thiophene rings is 1. The van der Waals surface area contributed by atoms with Crippen LogP contribution in [0.3, 0.4) is 0 Å². The van der Waals surface area contributed by atoms with Crippen molar-refractivity contribution in [1.82, 2.24) is 0 Å². The third kappa shape index (κ3) is 2.85. The monoisotopic (exact) mass is 230 g/mol. The van der Waals surface area contributed by atoms with E-state index in [4.69, 9.17) is 5.11 Å². The number of aliphatic hydroxyl groups excluding tert-OH is 2. The number of hydrogen-bond acceptors (Lipinski definition) is 5. The second-order valence-corrected chi connectivity index (χ2v) is 3.75. The maximum atomic E-state index is 10.5. The molecule has 15 heavy (non-hydrogen) atoms. The van der Waals surface area contributed by atoms with Gasteiger partial charge in [0.1, 0.15) is 6.10 Å². The molecule has 1 aromatic rings. The highest BCUT2D eigenvalue weighted by Crippen LogP contribution is 2.24. The Bertz CT molecular complexity index is 359. The van der Waals surface area contributed by atoms with Gasteiger partial charge in [0.2, 0.25) is 0 Å². The van der Waals surface area contributed by atoms with E-state index in [0.29, 0.717) is 6.29 Å². The van der Waals surface area contributed by atoms with E-state index in [1.165, 1.54) is 22.1 Å². The fourth-order valence-electron chi connectivity index (χ4n) is 1.15. The summed E-state index contributed by atoms with van der Waals surface area (Å²) in [5, 5.41) is 30.4. The van der Waals surface area contributed by atoms with E-state index in [1.54, 1.807) is 0 Å². The van der Waals surface area contributed by atoms with Gasteiger partial charge >= 0.3 is 5.97 Å². The maximum Gasteiger partial charge on any atom is 0.306 e. The quantitative estimate of drug-likeness (QED) is 0.637. The molecule has 0 aliphatic heterocycles. The van der Waals surface area contributed by atoms with Gasteiger partial charge in [-0.3, -0.25) is 9.59 Å². The zero-order valence-electron chi connectivity index (χ0n) is 7.66. The average Bonchev–Trinajstić information content (AvgIpc) is 2.62. The Hall–Kier alpha value is -1.24. The lowest BCUT2D eigenvalue weighted by Crippen LogP contribution is -2.22. The van der Waals surface area contributed by atoms with E-state index in [9.17, 15) is 19.8 Å². The topological polar surface area (TPSA) is 94.8 Å².